The fourth-order valence-electron chi connectivity index (χ4n) is 1.58. The molecule has 0 aromatic carbocycles. The van der Waals surface area contributed by atoms with Gasteiger partial charge in [-0.1, -0.05) is 6.92 Å². The molecule has 18 heavy (non-hydrogen) atoms. The summed E-state index contributed by atoms with van der Waals surface area (Å²) in [7, 11) is 5.12. The van der Waals surface area contributed by atoms with Crippen LogP contribution in [0.25, 0.3) is 0 Å². The zero-order valence-electron chi connectivity index (χ0n) is 11.1. The van der Waals surface area contributed by atoms with Crippen LogP contribution in [0.1, 0.15) is 13.3 Å². The van der Waals surface area contributed by atoms with Gasteiger partial charge in [-0.25, -0.2) is 5.01 Å². The summed E-state index contributed by atoms with van der Waals surface area (Å²) in [5.41, 5.74) is -0.0297. The highest BCUT2D eigenvalue weighted by Crippen LogP contribution is 2.28. The molecular formula is C11H18N4O3. The van der Waals surface area contributed by atoms with E-state index in [4.69, 9.17) is 4.74 Å². The van der Waals surface area contributed by atoms with E-state index in [-0.39, 0.29) is 5.69 Å². The van der Waals surface area contributed by atoms with Crippen LogP contribution in [0.15, 0.2) is 12.1 Å². The van der Waals surface area contributed by atoms with E-state index >= 15 is 0 Å². The van der Waals surface area contributed by atoms with Crippen molar-refractivity contribution in [2.75, 3.05) is 32.8 Å². The van der Waals surface area contributed by atoms with Crippen LogP contribution >= 0.6 is 0 Å². The van der Waals surface area contributed by atoms with Gasteiger partial charge < -0.3 is 4.74 Å². The van der Waals surface area contributed by atoms with E-state index < -0.39 is 4.92 Å². The van der Waals surface area contributed by atoms with Crippen molar-refractivity contribution in [1.29, 1.82) is 0 Å². The van der Waals surface area contributed by atoms with E-state index in [0.717, 1.165) is 6.42 Å². The van der Waals surface area contributed by atoms with E-state index in [1.54, 1.807) is 10.0 Å². The monoisotopic (exact) mass is 254 g/mol. The van der Waals surface area contributed by atoms with Crippen LogP contribution < -0.4 is 9.75 Å². The lowest BCUT2D eigenvalue weighted by molar-refractivity contribution is -0.384. The first-order valence-electron chi connectivity index (χ1n) is 5.65. The van der Waals surface area contributed by atoms with Gasteiger partial charge in [-0.15, -0.1) is 0 Å². The Morgan fingerprint density at radius 1 is 1.44 bits per heavy atom. The quantitative estimate of drug-likeness (QED) is 0.568. The molecule has 1 aromatic rings. The number of aromatic nitrogens is 1. The first-order chi connectivity index (χ1) is 8.51. The summed E-state index contributed by atoms with van der Waals surface area (Å²) < 4.78 is 5.02. The lowest BCUT2D eigenvalue weighted by Gasteiger charge is -2.29. The number of anilines is 1. The number of nitro groups is 1. The molecule has 0 amide bonds. The van der Waals surface area contributed by atoms with Gasteiger partial charge in [0.25, 0.3) is 0 Å². The predicted molar refractivity (Wildman–Crippen MR) is 68.8 cm³/mol. The van der Waals surface area contributed by atoms with Crippen LogP contribution in [-0.4, -0.2) is 42.7 Å². The summed E-state index contributed by atoms with van der Waals surface area (Å²) in [4.78, 5) is 14.8. The maximum Gasteiger partial charge on any atom is 0.313 e. The lowest BCUT2D eigenvalue weighted by atomic mass is 10.3. The molecule has 0 aliphatic carbocycles. The Morgan fingerprint density at radius 2 is 2.11 bits per heavy atom. The lowest BCUT2D eigenvalue weighted by Crippen LogP contribution is -2.38. The van der Waals surface area contributed by atoms with E-state index in [1.807, 2.05) is 21.0 Å². The highest BCUT2D eigenvalue weighted by atomic mass is 16.6. The van der Waals surface area contributed by atoms with Gasteiger partial charge in [0, 0.05) is 32.8 Å². The van der Waals surface area contributed by atoms with Crippen LogP contribution in [0.4, 0.5) is 11.5 Å². The highest BCUT2D eigenvalue weighted by molar-refractivity contribution is 5.58. The number of hydrazine groups is 1. The van der Waals surface area contributed by atoms with Gasteiger partial charge >= 0.3 is 5.69 Å². The van der Waals surface area contributed by atoms with Gasteiger partial charge in [0.2, 0.25) is 11.7 Å². The minimum atomic E-state index is -0.437. The maximum absolute atomic E-state index is 11.0. The van der Waals surface area contributed by atoms with Gasteiger partial charge in [0.1, 0.15) is 0 Å². The third-order valence-corrected chi connectivity index (χ3v) is 2.40. The average Bonchev–Trinajstić information content (AvgIpc) is 2.34. The standard InChI is InChI=1S/C11H18N4O3/c1-5-8-14(13(2)3)11-9(15(16)17)6-7-10(12-11)18-4/h6-7H,5,8H2,1-4H3. The summed E-state index contributed by atoms with van der Waals surface area (Å²) in [5.74, 6) is 0.657. The number of rotatable bonds is 6. The second kappa shape index (κ2) is 6.15. The fraction of sp³-hybridized carbons (Fsp3) is 0.545. The predicted octanol–water partition coefficient (Wildman–Crippen LogP) is 1.69. The van der Waals surface area contributed by atoms with Gasteiger partial charge in [-0.2, -0.15) is 4.98 Å². The Balaban J connectivity index is 3.27. The third kappa shape index (κ3) is 3.07. The van der Waals surface area contributed by atoms with Crippen molar-refractivity contribution >= 4 is 11.5 Å². The molecule has 0 unspecified atom stereocenters. The van der Waals surface area contributed by atoms with Crippen molar-refractivity contribution in [3.63, 3.8) is 0 Å². The van der Waals surface area contributed by atoms with Crippen LogP contribution in [0.2, 0.25) is 0 Å². The molecule has 7 nitrogen and oxygen atoms in total. The smallest absolute Gasteiger partial charge is 0.313 e. The van der Waals surface area contributed by atoms with E-state index in [2.05, 4.69) is 4.98 Å². The van der Waals surface area contributed by atoms with Gasteiger partial charge in [-0.3, -0.25) is 15.1 Å². The zero-order valence-corrected chi connectivity index (χ0v) is 11.1. The minimum absolute atomic E-state index is 0.0297. The maximum atomic E-state index is 11.0. The third-order valence-electron chi connectivity index (χ3n) is 2.40. The van der Waals surface area contributed by atoms with E-state index in [0.29, 0.717) is 18.2 Å². The molecule has 0 fully saturated rings. The van der Waals surface area contributed by atoms with Crippen LogP contribution in [0.3, 0.4) is 0 Å². The van der Waals surface area contributed by atoms with Crippen LogP contribution in [0, 0.1) is 10.1 Å². The molecule has 0 aliphatic rings. The SMILES string of the molecule is CCCN(c1nc(OC)ccc1[N+](=O)[O-])N(C)C. The van der Waals surface area contributed by atoms with Crippen LogP contribution in [-0.2, 0) is 0 Å². The molecule has 0 aliphatic heterocycles. The molecule has 1 aromatic heterocycles. The molecule has 1 rings (SSSR count). The van der Waals surface area contributed by atoms with Crippen molar-refractivity contribution < 1.29 is 9.66 Å². The van der Waals surface area contributed by atoms with Gasteiger partial charge in [0.05, 0.1) is 12.0 Å². The molecule has 0 saturated carbocycles. The number of pyridine rings is 1. The Kier molecular flexibility index (Phi) is 4.85. The molecule has 0 bridgehead atoms. The van der Waals surface area contributed by atoms with Gasteiger partial charge in [0.15, 0.2) is 0 Å². The number of ether oxygens (including phenoxy) is 1. The number of hydrogen-bond donors (Lipinski definition) is 0. The Labute approximate surface area is 106 Å². The second-order valence-corrected chi connectivity index (χ2v) is 3.92. The summed E-state index contributed by atoms with van der Waals surface area (Å²) in [6.07, 6.45) is 0.855. The first-order valence-corrected chi connectivity index (χ1v) is 5.65. The van der Waals surface area contributed by atoms with Crippen molar-refractivity contribution in [3.05, 3.63) is 22.2 Å². The largest absolute Gasteiger partial charge is 0.481 e. The average molecular weight is 254 g/mol. The van der Waals surface area contributed by atoms with Crippen molar-refractivity contribution in [3.8, 4) is 5.88 Å². The zero-order chi connectivity index (χ0) is 13.7. The molecule has 100 valence electrons. The van der Waals surface area contributed by atoms with Gasteiger partial charge in [-0.05, 0) is 6.42 Å². The molecule has 1 heterocycles. The molecule has 7 heteroatoms. The van der Waals surface area contributed by atoms with Crippen molar-refractivity contribution in [2.45, 2.75) is 13.3 Å². The normalized spacial score (nSPS) is 10.5. The summed E-state index contributed by atoms with van der Waals surface area (Å²) in [6, 6.07) is 2.90. The van der Waals surface area contributed by atoms with Crippen LogP contribution in [0.5, 0.6) is 5.88 Å². The molecule has 0 spiro atoms. The topological polar surface area (TPSA) is 71.7 Å². The number of methoxy groups -OCH3 is 1. The van der Waals surface area contributed by atoms with Crippen molar-refractivity contribution in [2.24, 2.45) is 0 Å². The van der Waals surface area contributed by atoms with E-state index in [9.17, 15) is 10.1 Å². The minimum Gasteiger partial charge on any atom is -0.481 e. The van der Waals surface area contributed by atoms with Crippen molar-refractivity contribution in [1.82, 2.24) is 9.99 Å². The first kappa shape index (κ1) is 14.2. The molecule has 0 saturated heterocycles. The Morgan fingerprint density at radius 3 is 2.56 bits per heavy atom. The Hall–Kier alpha value is -1.89. The molecular weight excluding hydrogens is 236 g/mol. The summed E-state index contributed by atoms with van der Waals surface area (Å²) >= 11 is 0. The second-order valence-electron chi connectivity index (χ2n) is 3.92. The Bertz CT molecular complexity index is 423. The summed E-state index contributed by atoms with van der Waals surface area (Å²) in [6.45, 7) is 2.65. The molecule has 0 atom stereocenters. The number of hydrogen-bond acceptors (Lipinski definition) is 6. The highest BCUT2D eigenvalue weighted by Gasteiger charge is 2.23. The van der Waals surface area contributed by atoms with E-state index in [1.165, 1.54) is 19.2 Å². The number of nitrogens with zero attached hydrogens (tertiary/aromatic N) is 4. The molecule has 0 radical (unpaired) electrons. The molecule has 0 N–H and O–H groups in total. The summed E-state index contributed by atoms with van der Waals surface area (Å²) in [5, 5.41) is 14.6. The fourth-order valence-corrected chi connectivity index (χ4v) is 1.58.